The number of H-pyrrole nitrogens is 1. The Kier molecular flexibility index (Phi) is 3.50. The summed E-state index contributed by atoms with van der Waals surface area (Å²) in [7, 11) is 1.27. The summed E-state index contributed by atoms with van der Waals surface area (Å²) in [5.41, 5.74) is -0.449. The standard InChI is InChI=1S/C13H14N2O4/c1-8(7-11(16)19-2)15-12(17)9-5-3-4-6-10(9)14-13(15)18/h3-6,8H,7H2,1-2H3,(H,14,18)/t8-/m1/s1. The van der Waals surface area contributed by atoms with Crippen LogP contribution in [0.5, 0.6) is 0 Å². The van der Waals surface area contributed by atoms with Crippen molar-refractivity contribution in [3.8, 4) is 0 Å². The van der Waals surface area contributed by atoms with Crippen molar-refractivity contribution in [2.24, 2.45) is 0 Å². The molecule has 0 aliphatic rings. The monoisotopic (exact) mass is 262 g/mol. The lowest BCUT2D eigenvalue weighted by atomic mass is 10.2. The Hall–Kier alpha value is -2.37. The number of nitrogens with one attached hydrogen (secondary N) is 1. The summed E-state index contributed by atoms with van der Waals surface area (Å²) in [6, 6.07) is 6.19. The molecule has 0 bridgehead atoms. The van der Waals surface area contributed by atoms with E-state index in [1.807, 2.05) is 0 Å². The summed E-state index contributed by atoms with van der Waals surface area (Å²) in [6.45, 7) is 1.63. The van der Waals surface area contributed by atoms with Crippen LogP contribution in [0, 0.1) is 0 Å². The van der Waals surface area contributed by atoms with E-state index in [-0.39, 0.29) is 6.42 Å². The van der Waals surface area contributed by atoms with E-state index in [4.69, 9.17) is 0 Å². The predicted molar refractivity (Wildman–Crippen MR) is 70.2 cm³/mol. The minimum Gasteiger partial charge on any atom is -0.469 e. The Balaban J connectivity index is 2.58. The van der Waals surface area contributed by atoms with Crippen LogP contribution in [0.3, 0.4) is 0 Å². The van der Waals surface area contributed by atoms with Crippen LogP contribution in [-0.4, -0.2) is 22.6 Å². The fraction of sp³-hybridized carbons (Fsp3) is 0.308. The first kappa shape index (κ1) is 13.1. The minimum atomic E-state index is -0.562. The second-order valence-corrected chi connectivity index (χ2v) is 4.28. The van der Waals surface area contributed by atoms with Crippen LogP contribution in [0.15, 0.2) is 33.9 Å². The van der Waals surface area contributed by atoms with Crippen LogP contribution in [-0.2, 0) is 9.53 Å². The number of carbonyl (C=O) groups excluding carboxylic acids is 1. The number of para-hydroxylation sites is 1. The van der Waals surface area contributed by atoms with E-state index in [1.165, 1.54) is 7.11 Å². The molecule has 0 fully saturated rings. The van der Waals surface area contributed by atoms with E-state index < -0.39 is 23.3 Å². The second-order valence-electron chi connectivity index (χ2n) is 4.28. The summed E-state index contributed by atoms with van der Waals surface area (Å²) in [5.74, 6) is -0.466. The maximum absolute atomic E-state index is 12.3. The third kappa shape index (κ3) is 2.42. The van der Waals surface area contributed by atoms with Gasteiger partial charge in [-0.1, -0.05) is 12.1 Å². The number of benzene rings is 1. The maximum Gasteiger partial charge on any atom is 0.329 e. The maximum atomic E-state index is 12.3. The van der Waals surface area contributed by atoms with Gasteiger partial charge >= 0.3 is 11.7 Å². The number of carbonyl (C=O) groups is 1. The molecule has 0 spiro atoms. The van der Waals surface area contributed by atoms with Crippen molar-refractivity contribution in [1.82, 2.24) is 9.55 Å². The summed E-state index contributed by atoms with van der Waals surface area (Å²) in [4.78, 5) is 38.0. The van der Waals surface area contributed by atoms with Crippen molar-refractivity contribution in [2.45, 2.75) is 19.4 Å². The quantitative estimate of drug-likeness (QED) is 0.830. The van der Waals surface area contributed by atoms with E-state index in [0.717, 1.165) is 4.57 Å². The second kappa shape index (κ2) is 5.09. The Morgan fingerprint density at radius 2 is 2.05 bits per heavy atom. The molecule has 1 aromatic heterocycles. The number of hydrogen-bond donors (Lipinski definition) is 1. The molecule has 0 aliphatic heterocycles. The summed E-state index contributed by atoms with van der Waals surface area (Å²) in [6.07, 6.45) is -0.0299. The number of fused-ring (bicyclic) bond motifs is 1. The molecule has 0 amide bonds. The molecular formula is C13H14N2O4. The SMILES string of the molecule is COC(=O)C[C@@H](C)n1c(=O)[nH]c2ccccc2c1=O. The van der Waals surface area contributed by atoms with Crippen molar-refractivity contribution < 1.29 is 9.53 Å². The number of aromatic amines is 1. The van der Waals surface area contributed by atoms with E-state index in [9.17, 15) is 14.4 Å². The number of hydrogen-bond acceptors (Lipinski definition) is 4. The molecule has 1 atom stereocenters. The summed E-state index contributed by atoms with van der Waals surface area (Å²) >= 11 is 0. The van der Waals surface area contributed by atoms with E-state index in [2.05, 4.69) is 9.72 Å². The molecular weight excluding hydrogens is 248 g/mol. The van der Waals surface area contributed by atoms with Crippen LogP contribution < -0.4 is 11.2 Å². The van der Waals surface area contributed by atoms with Gasteiger partial charge in [-0.25, -0.2) is 4.79 Å². The zero-order chi connectivity index (χ0) is 14.0. The molecule has 6 heteroatoms. The van der Waals surface area contributed by atoms with Crippen LogP contribution in [0.4, 0.5) is 0 Å². The van der Waals surface area contributed by atoms with E-state index in [0.29, 0.717) is 10.9 Å². The number of rotatable bonds is 3. The third-order valence-corrected chi connectivity index (χ3v) is 2.97. The van der Waals surface area contributed by atoms with Gasteiger partial charge < -0.3 is 9.72 Å². The Labute approximate surface area is 108 Å². The van der Waals surface area contributed by atoms with Gasteiger partial charge in [-0.15, -0.1) is 0 Å². The van der Waals surface area contributed by atoms with Gasteiger partial charge in [0.1, 0.15) is 0 Å². The zero-order valence-electron chi connectivity index (χ0n) is 10.7. The highest BCUT2D eigenvalue weighted by atomic mass is 16.5. The summed E-state index contributed by atoms with van der Waals surface area (Å²) in [5, 5.41) is 0.416. The number of ether oxygens (including phenoxy) is 1. The lowest BCUT2D eigenvalue weighted by molar-refractivity contribution is -0.141. The number of esters is 1. The molecule has 0 aliphatic carbocycles. The largest absolute Gasteiger partial charge is 0.469 e. The average Bonchev–Trinajstić information content (AvgIpc) is 2.38. The van der Waals surface area contributed by atoms with Gasteiger partial charge in [0, 0.05) is 6.04 Å². The van der Waals surface area contributed by atoms with Crippen molar-refractivity contribution in [2.75, 3.05) is 7.11 Å². The Morgan fingerprint density at radius 3 is 2.74 bits per heavy atom. The van der Waals surface area contributed by atoms with Crippen LogP contribution in [0.25, 0.3) is 10.9 Å². The normalized spacial score (nSPS) is 12.3. The van der Waals surface area contributed by atoms with Crippen molar-refractivity contribution in [3.05, 3.63) is 45.1 Å². The lowest BCUT2D eigenvalue weighted by Crippen LogP contribution is -2.37. The highest BCUT2D eigenvalue weighted by Crippen LogP contribution is 2.09. The highest BCUT2D eigenvalue weighted by molar-refractivity contribution is 5.77. The molecule has 1 N–H and O–H groups in total. The Bertz CT molecular complexity index is 729. The molecule has 6 nitrogen and oxygen atoms in total. The van der Waals surface area contributed by atoms with Gasteiger partial charge in [-0.05, 0) is 19.1 Å². The molecule has 1 aromatic carbocycles. The van der Waals surface area contributed by atoms with Gasteiger partial charge in [0.05, 0.1) is 24.4 Å². The molecule has 2 rings (SSSR count). The average molecular weight is 262 g/mol. The molecule has 0 saturated heterocycles. The van der Waals surface area contributed by atoms with Gasteiger partial charge in [0.15, 0.2) is 0 Å². The van der Waals surface area contributed by atoms with Crippen molar-refractivity contribution >= 4 is 16.9 Å². The number of aromatic nitrogens is 2. The fourth-order valence-corrected chi connectivity index (χ4v) is 1.99. The molecule has 2 aromatic rings. The van der Waals surface area contributed by atoms with Crippen molar-refractivity contribution in [1.29, 1.82) is 0 Å². The van der Waals surface area contributed by atoms with Gasteiger partial charge in [0.25, 0.3) is 5.56 Å². The smallest absolute Gasteiger partial charge is 0.329 e. The van der Waals surface area contributed by atoms with E-state index >= 15 is 0 Å². The lowest BCUT2D eigenvalue weighted by Gasteiger charge is -2.13. The first-order chi connectivity index (χ1) is 9.04. The van der Waals surface area contributed by atoms with E-state index in [1.54, 1.807) is 31.2 Å². The number of methoxy groups -OCH3 is 1. The third-order valence-electron chi connectivity index (χ3n) is 2.97. The van der Waals surface area contributed by atoms with Crippen LogP contribution in [0.1, 0.15) is 19.4 Å². The first-order valence-corrected chi connectivity index (χ1v) is 5.85. The topological polar surface area (TPSA) is 81.2 Å². The molecule has 0 unspecified atom stereocenters. The number of nitrogens with zero attached hydrogens (tertiary/aromatic N) is 1. The van der Waals surface area contributed by atoms with Gasteiger partial charge in [-0.2, -0.15) is 0 Å². The molecule has 0 saturated carbocycles. The zero-order valence-corrected chi connectivity index (χ0v) is 10.7. The first-order valence-electron chi connectivity index (χ1n) is 5.85. The fourth-order valence-electron chi connectivity index (χ4n) is 1.99. The minimum absolute atomic E-state index is 0.0299. The molecule has 0 radical (unpaired) electrons. The molecule has 1 heterocycles. The van der Waals surface area contributed by atoms with Crippen LogP contribution >= 0.6 is 0 Å². The summed E-state index contributed by atoms with van der Waals surface area (Å²) < 4.78 is 5.58. The Morgan fingerprint density at radius 1 is 1.37 bits per heavy atom. The molecule has 100 valence electrons. The molecule has 19 heavy (non-hydrogen) atoms. The van der Waals surface area contributed by atoms with Crippen LogP contribution in [0.2, 0.25) is 0 Å². The van der Waals surface area contributed by atoms with Gasteiger partial charge in [0.2, 0.25) is 0 Å². The predicted octanol–water partition coefficient (Wildman–Crippen LogP) is 0.814. The highest BCUT2D eigenvalue weighted by Gasteiger charge is 2.16. The van der Waals surface area contributed by atoms with Crippen molar-refractivity contribution in [3.63, 3.8) is 0 Å². The van der Waals surface area contributed by atoms with Gasteiger partial charge in [-0.3, -0.25) is 14.2 Å².